The molecule has 1 unspecified atom stereocenters. The first-order valence-electron chi connectivity index (χ1n) is 8.25. The van der Waals surface area contributed by atoms with Crippen LogP contribution in [0.4, 0.5) is 5.69 Å². The van der Waals surface area contributed by atoms with Gasteiger partial charge in [0.05, 0.1) is 4.88 Å². The fourth-order valence-corrected chi connectivity index (χ4v) is 3.12. The largest absolute Gasteiger partial charge is 0.457 e. The third kappa shape index (κ3) is 3.75. The summed E-state index contributed by atoms with van der Waals surface area (Å²) < 4.78 is 11.2. The Morgan fingerprint density at radius 1 is 0.962 bits per heavy atom. The van der Waals surface area contributed by atoms with E-state index < -0.39 is 0 Å². The van der Waals surface area contributed by atoms with Gasteiger partial charge >= 0.3 is 0 Å². The van der Waals surface area contributed by atoms with Gasteiger partial charge in [0.2, 0.25) is 11.7 Å². The highest BCUT2D eigenvalue weighted by molar-refractivity contribution is 7.13. The molecule has 4 aromatic rings. The molecular weight excluding hydrogens is 346 g/mol. The third-order valence-corrected chi connectivity index (χ3v) is 4.64. The number of anilines is 1. The zero-order chi connectivity index (χ0) is 17.8. The van der Waals surface area contributed by atoms with Crippen molar-refractivity contribution in [3.05, 3.63) is 78.0 Å². The molecule has 0 fully saturated rings. The molecule has 2 heterocycles. The predicted molar refractivity (Wildman–Crippen MR) is 103 cm³/mol. The molecule has 26 heavy (non-hydrogen) atoms. The molecule has 1 atom stereocenters. The van der Waals surface area contributed by atoms with Gasteiger partial charge in [-0.1, -0.05) is 29.4 Å². The summed E-state index contributed by atoms with van der Waals surface area (Å²) in [6.45, 7) is 1.99. The third-order valence-electron chi connectivity index (χ3n) is 3.77. The normalized spacial score (nSPS) is 11.9. The monoisotopic (exact) mass is 363 g/mol. The van der Waals surface area contributed by atoms with Crippen molar-refractivity contribution < 1.29 is 9.26 Å². The summed E-state index contributed by atoms with van der Waals surface area (Å²) in [7, 11) is 0. The van der Waals surface area contributed by atoms with Crippen LogP contribution in [0.5, 0.6) is 11.5 Å². The van der Waals surface area contributed by atoms with Crippen LogP contribution in [0.25, 0.3) is 10.7 Å². The number of rotatable bonds is 6. The van der Waals surface area contributed by atoms with Gasteiger partial charge in [0, 0.05) is 5.69 Å². The molecule has 0 saturated heterocycles. The number of ether oxygens (including phenoxy) is 1. The van der Waals surface area contributed by atoms with Crippen LogP contribution in [0.3, 0.4) is 0 Å². The molecule has 0 radical (unpaired) electrons. The molecule has 0 aliphatic rings. The number of para-hydroxylation sites is 1. The van der Waals surface area contributed by atoms with Gasteiger partial charge in [-0.2, -0.15) is 4.98 Å². The summed E-state index contributed by atoms with van der Waals surface area (Å²) in [5.41, 5.74) is 0.953. The van der Waals surface area contributed by atoms with E-state index in [1.165, 1.54) is 0 Å². The van der Waals surface area contributed by atoms with Gasteiger partial charge in [0.15, 0.2) is 0 Å². The number of nitrogens with one attached hydrogen (secondary N) is 1. The first kappa shape index (κ1) is 16.4. The maximum atomic E-state index is 5.80. The van der Waals surface area contributed by atoms with Gasteiger partial charge in [-0.3, -0.25) is 0 Å². The van der Waals surface area contributed by atoms with E-state index in [2.05, 4.69) is 15.5 Å². The lowest BCUT2D eigenvalue weighted by Gasteiger charge is -2.12. The molecule has 0 spiro atoms. The molecule has 0 aliphatic heterocycles. The SMILES string of the molecule is CC(Nc1ccc(Oc2ccccc2)cc1)c1nc(-c2cccs2)no1. The Morgan fingerprint density at radius 3 is 2.46 bits per heavy atom. The fourth-order valence-electron chi connectivity index (χ4n) is 2.47. The minimum absolute atomic E-state index is 0.0999. The minimum atomic E-state index is -0.0999. The number of hydrogen-bond donors (Lipinski definition) is 1. The van der Waals surface area contributed by atoms with Crippen molar-refractivity contribution in [2.75, 3.05) is 5.32 Å². The van der Waals surface area contributed by atoms with E-state index >= 15 is 0 Å². The second kappa shape index (κ2) is 7.41. The summed E-state index contributed by atoms with van der Waals surface area (Å²) >= 11 is 1.59. The van der Waals surface area contributed by atoms with Crippen molar-refractivity contribution >= 4 is 17.0 Å². The summed E-state index contributed by atoms with van der Waals surface area (Å²) in [5, 5.41) is 9.40. The van der Waals surface area contributed by atoms with Crippen molar-refractivity contribution in [1.29, 1.82) is 0 Å². The van der Waals surface area contributed by atoms with E-state index in [9.17, 15) is 0 Å². The zero-order valence-electron chi connectivity index (χ0n) is 14.1. The average molecular weight is 363 g/mol. The van der Waals surface area contributed by atoms with Crippen LogP contribution in [0.1, 0.15) is 18.9 Å². The topological polar surface area (TPSA) is 60.2 Å². The summed E-state index contributed by atoms with van der Waals surface area (Å²) in [4.78, 5) is 5.46. The Bertz CT molecular complexity index is 950. The number of aromatic nitrogens is 2. The molecule has 2 aromatic heterocycles. The van der Waals surface area contributed by atoms with Gasteiger partial charge in [-0.25, -0.2) is 0 Å². The lowest BCUT2D eigenvalue weighted by Crippen LogP contribution is -2.06. The first-order chi connectivity index (χ1) is 12.8. The van der Waals surface area contributed by atoms with Gasteiger partial charge in [0.1, 0.15) is 17.5 Å². The van der Waals surface area contributed by atoms with Crippen molar-refractivity contribution in [2.45, 2.75) is 13.0 Å². The van der Waals surface area contributed by atoms with Gasteiger partial charge < -0.3 is 14.6 Å². The summed E-state index contributed by atoms with van der Waals surface area (Å²) in [6.07, 6.45) is 0. The van der Waals surface area contributed by atoms with E-state index in [0.717, 1.165) is 22.1 Å². The van der Waals surface area contributed by atoms with Gasteiger partial charge in [0.25, 0.3) is 0 Å². The van der Waals surface area contributed by atoms with Crippen LogP contribution in [-0.2, 0) is 0 Å². The van der Waals surface area contributed by atoms with Crippen LogP contribution in [-0.4, -0.2) is 10.1 Å². The predicted octanol–water partition coefficient (Wildman–Crippen LogP) is 5.76. The maximum Gasteiger partial charge on any atom is 0.249 e. The fraction of sp³-hybridized carbons (Fsp3) is 0.100. The van der Waals surface area contributed by atoms with Crippen LogP contribution in [0.15, 0.2) is 76.6 Å². The van der Waals surface area contributed by atoms with Crippen LogP contribution >= 0.6 is 11.3 Å². The van der Waals surface area contributed by atoms with E-state index in [0.29, 0.717) is 11.7 Å². The minimum Gasteiger partial charge on any atom is -0.457 e. The molecule has 0 amide bonds. The van der Waals surface area contributed by atoms with Crippen molar-refractivity contribution in [3.63, 3.8) is 0 Å². The molecule has 6 heteroatoms. The Morgan fingerprint density at radius 2 is 1.73 bits per heavy atom. The molecule has 5 nitrogen and oxygen atoms in total. The lowest BCUT2D eigenvalue weighted by molar-refractivity contribution is 0.368. The quantitative estimate of drug-likeness (QED) is 0.472. The Labute approximate surface area is 155 Å². The van der Waals surface area contributed by atoms with Crippen molar-refractivity contribution in [3.8, 4) is 22.2 Å². The number of nitrogens with zero attached hydrogens (tertiary/aromatic N) is 2. The molecule has 1 N–H and O–H groups in total. The molecule has 2 aromatic carbocycles. The molecular formula is C20H17N3O2S. The molecule has 0 saturated carbocycles. The molecule has 0 bridgehead atoms. The Balaban J connectivity index is 1.41. The van der Waals surface area contributed by atoms with Crippen molar-refractivity contribution in [1.82, 2.24) is 10.1 Å². The van der Waals surface area contributed by atoms with E-state index in [4.69, 9.17) is 9.26 Å². The van der Waals surface area contributed by atoms with Crippen LogP contribution in [0, 0.1) is 0 Å². The smallest absolute Gasteiger partial charge is 0.249 e. The molecule has 130 valence electrons. The molecule has 0 aliphatic carbocycles. The highest BCUT2D eigenvalue weighted by Crippen LogP contribution is 2.26. The van der Waals surface area contributed by atoms with Crippen LogP contribution < -0.4 is 10.1 Å². The average Bonchev–Trinajstić information content (AvgIpc) is 3.36. The first-order valence-corrected chi connectivity index (χ1v) is 9.13. The highest BCUT2D eigenvalue weighted by atomic mass is 32.1. The second-order valence-electron chi connectivity index (χ2n) is 5.74. The molecule has 4 rings (SSSR count). The van der Waals surface area contributed by atoms with E-state index in [1.54, 1.807) is 11.3 Å². The van der Waals surface area contributed by atoms with E-state index in [1.807, 2.05) is 79.0 Å². The highest BCUT2D eigenvalue weighted by Gasteiger charge is 2.15. The standard InChI is InChI=1S/C20H17N3O2S/c1-14(20-22-19(23-25-20)18-8-5-13-26-18)21-15-9-11-17(12-10-15)24-16-6-3-2-4-7-16/h2-14,21H,1H3. The maximum absolute atomic E-state index is 5.80. The number of hydrogen-bond acceptors (Lipinski definition) is 6. The summed E-state index contributed by atoms with van der Waals surface area (Å²) in [6, 6.07) is 21.3. The Kier molecular flexibility index (Phi) is 4.66. The number of benzene rings is 2. The second-order valence-corrected chi connectivity index (χ2v) is 6.69. The zero-order valence-corrected chi connectivity index (χ0v) is 14.9. The van der Waals surface area contributed by atoms with Gasteiger partial charge in [-0.05, 0) is 54.8 Å². The van der Waals surface area contributed by atoms with Gasteiger partial charge in [-0.15, -0.1) is 11.3 Å². The lowest BCUT2D eigenvalue weighted by atomic mass is 10.2. The van der Waals surface area contributed by atoms with Crippen LogP contribution in [0.2, 0.25) is 0 Å². The van der Waals surface area contributed by atoms with E-state index in [-0.39, 0.29) is 6.04 Å². The van der Waals surface area contributed by atoms with Crippen molar-refractivity contribution in [2.24, 2.45) is 0 Å². The Hall–Kier alpha value is -3.12. The summed E-state index contributed by atoms with van der Waals surface area (Å²) in [5.74, 6) is 2.77. The number of thiophene rings is 1.